The highest BCUT2D eigenvalue weighted by molar-refractivity contribution is 5.97. The van der Waals surface area contributed by atoms with E-state index in [1.807, 2.05) is 42.5 Å². The van der Waals surface area contributed by atoms with Crippen LogP contribution >= 0.6 is 0 Å². The molecule has 5 rings (SSSR count). The first kappa shape index (κ1) is 22.6. The van der Waals surface area contributed by atoms with Crippen LogP contribution in [0, 0.1) is 5.92 Å². The minimum absolute atomic E-state index is 0.0170. The van der Waals surface area contributed by atoms with Crippen LogP contribution in [0.4, 0.5) is 0 Å². The summed E-state index contributed by atoms with van der Waals surface area (Å²) in [5.74, 6) is 0.799. The molecule has 2 amide bonds. The maximum Gasteiger partial charge on any atom is 0.281 e. The van der Waals surface area contributed by atoms with Gasteiger partial charge in [0.2, 0.25) is 11.8 Å². The van der Waals surface area contributed by atoms with Gasteiger partial charge in [-0.1, -0.05) is 68.1 Å². The standard InChI is InChI=1S/C28H33N3O3/c32-25-19-34-28(23-10-2-1-3-11-23)30-31(25)18-20-14-16-22(17-15-20)26(21-8-4-5-9-21)27(33)29-24-12-6-7-13-24/h1-3,10-11,14-17,21,24,26H,4-9,12-13,18-19H2,(H,29,33). The van der Waals surface area contributed by atoms with Crippen molar-refractivity contribution in [2.45, 2.75) is 69.9 Å². The Hall–Kier alpha value is -3.15. The molecular formula is C28H33N3O3. The third-order valence-electron chi connectivity index (χ3n) is 7.38. The number of hydrogen-bond acceptors (Lipinski definition) is 4. The van der Waals surface area contributed by atoms with Gasteiger partial charge >= 0.3 is 0 Å². The molecule has 1 atom stereocenters. The summed E-state index contributed by atoms with van der Waals surface area (Å²) >= 11 is 0. The molecule has 2 aliphatic carbocycles. The highest BCUT2D eigenvalue weighted by Crippen LogP contribution is 2.38. The van der Waals surface area contributed by atoms with Crippen LogP contribution in [-0.4, -0.2) is 35.4 Å². The second-order valence-electron chi connectivity index (χ2n) is 9.76. The fourth-order valence-corrected chi connectivity index (χ4v) is 5.54. The van der Waals surface area contributed by atoms with Crippen molar-refractivity contribution in [1.29, 1.82) is 0 Å². The van der Waals surface area contributed by atoms with Gasteiger partial charge in [-0.15, -0.1) is 5.10 Å². The Bertz CT molecular complexity index is 1020. The molecule has 6 heteroatoms. The largest absolute Gasteiger partial charge is 0.466 e. The molecule has 1 heterocycles. The summed E-state index contributed by atoms with van der Waals surface area (Å²) in [4.78, 5) is 25.7. The first-order chi connectivity index (χ1) is 16.7. The Morgan fingerprint density at radius 1 is 0.971 bits per heavy atom. The first-order valence-corrected chi connectivity index (χ1v) is 12.6. The van der Waals surface area contributed by atoms with Crippen molar-refractivity contribution in [3.05, 3.63) is 71.3 Å². The first-order valence-electron chi connectivity index (χ1n) is 12.6. The van der Waals surface area contributed by atoms with Crippen molar-refractivity contribution in [3.63, 3.8) is 0 Å². The van der Waals surface area contributed by atoms with Gasteiger partial charge in [0, 0.05) is 11.6 Å². The molecule has 6 nitrogen and oxygen atoms in total. The van der Waals surface area contributed by atoms with Crippen molar-refractivity contribution in [3.8, 4) is 0 Å². The van der Waals surface area contributed by atoms with Gasteiger partial charge in [0.25, 0.3) is 5.91 Å². The summed E-state index contributed by atoms with van der Waals surface area (Å²) in [6, 6.07) is 18.1. The molecule has 1 aliphatic heterocycles. The maximum atomic E-state index is 13.3. The van der Waals surface area contributed by atoms with Gasteiger partial charge < -0.3 is 10.1 Å². The van der Waals surface area contributed by atoms with Crippen LogP contribution in [-0.2, 0) is 20.9 Å². The monoisotopic (exact) mass is 459 g/mol. The molecule has 0 bridgehead atoms. The summed E-state index contributed by atoms with van der Waals surface area (Å²) in [7, 11) is 0. The van der Waals surface area contributed by atoms with Crippen LogP contribution in [0.2, 0.25) is 0 Å². The second kappa shape index (κ2) is 10.4. The smallest absolute Gasteiger partial charge is 0.281 e. The number of benzene rings is 2. The molecular weight excluding hydrogens is 426 g/mol. The number of hydrazone groups is 1. The van der Waals surface area contributed by atoms with Crippen LogP contribution in [0.5, 0.6) is 0 Å². The van der Waals surface area contributed by atoms with E-state index >= 15 is 0 Å². The number of nitrogens with one attached hydrogen (secondary N) is 1. The average Bonchev–Trinajstić information content (AvgIpc) is 3.57. The highest BCUT2D eigenvalue weighted by Gasteiger charge is 2.33. The molecule has 0 radical (unpaired) electrons. The molecule has 2 aromatic rings. The third kappa shape index (κ3) is 5.16. The van der Waals surface area contributed by atoms with E-state index in [0.717, 1.165) is 42.4 Å². The van der Waals surface area contributed by atoms with E-state index in [0.29, 0.717) is 24.4 Å². The van der Waals surface area contributed by atoms with E-state index in [2.05, 4.69) is 22.6 Å². The van der Waals surface area contributed by atoms with E-state index in [4.69, 9.17) is 4.74 Å². The van der Waals surface area contributed by atoms with Gasteiger partial charge in [-0.3, -0.25) is 9.59 Å². The molecule has 2 aromatic carbocycles. The summed E-state index contributed by atoms with van der Waals surface area (Å²) in [5, 5.41) is 9.26. The van der Waals surface area contributed by atoms with Crippen molar-refractivity contribution in [2.75, 3.05) is 6.61 Å². The number of hydrogen-bond donors (Lipinski definition) is 1. The number of carbonyl (C=O) groups is 2. The quantitative estimate of drug-likeness (QED) is 0.650. The lowest BCUT2D eigenvalue weighted by Gasteiger charge is -2.26. The molecule has 1 unspecified atom stereocenters. The zero-order chi connectivity index (χ0) is 23.3. The minimum Gasteiger partial charge on any atom is -0.466 e. The topological polar surface area (TPSA) is 71.0 Å². The molecule has 0 aromatic heterocycles. The van der Waals surface area contributed by atoms with E-state index in [-0.39, 0.29) is 24.3 Å². The molecule has 2 saturated carbocycles. The number of rotatable bonds is 7. The highest BCUT2D eigenvalue weighted by atomic mass is 16.5. The van der Waals surface area contributed by atoms with E-state index in [1.165, 1.54) is 30.7 Å². The molecule has 0 saturated heterocycles. The summed E-state index contributed by atoms with van der Waals surface area (Å²) in [6.45, 7) is 0.359. The third-order valence-corrected chi connectivity index (χ3v) is 7.38. The Balaban J connectivity index is 1.31. The van der Waals surface area contributed by atoms with Crippen LogP contribution in [0.25, 0.3) is 0 Å². The van der Waals surface area contributed by atoms with Gasteiger partial charge in [0.15, 0.2) is 6.61 Å². The SMILES string of the molecule is O=C(NC1CCCC1)C(c1ccc(CN2N=C(c3ccccc3)OCC2=O)cc1)C1CCCC1. The predicted octanol–water partition coefficient (Wildman–Crippen LogP) is 4.74. The lowest BCUT2D eigenvalue weighted by Crippen LogP contribution is -2.38. The lowest BCUT2D eigenvalue weighted by molar-refractivity contribution is -0.136. The summed E-state index contributed by atoms with van der Waals surface area (Å²) in [6.07, 6.45) is 9.26. The van der Waals surface area contributed by atoms with Gasteiger partial charge in [0.1, 0.15) is 0 Å². The van der Waals surface area contributed by atoms with Crippen molar-refractivity contribution >= 4 is 17.7 Å². The predicted molar refractivity (Wildman–Crippen MR) is 131 cm³/mol. The van der Waals surface area contributed by atoms with E-state index in [9.17, 15) is 9.59 Å². The van der Waals surface area contributed by atoms with E-state index in [1.54, 1.807) is 0 Å². The Kier molecular flexibility index (Phi) is 6.93. The lowest BCUT2D eigenvalue weighted by atomic mass is 9.83. The van der Waals surface area contributed by atoms with Crippen molar-refractivity contribution in [2.24, 2.45) is 11.0 Å². The maximum absolute atomic E-state index is 13.3. The van der Waals surface area contributed by atoms with Gasteiger partial charge in [-0.2, -0.15) is 0 Å². The summed E-state index contributed by atoms with van der Waals surface area (Å²) < 4.78 is 5.55. The van der Waals surface area contributed by atoms with Crippen molar-refractivity contribution in [1.82, 2.24) is 10.3 Å². The van der Waals surface area contributed by atoms with Crippen LogP contribution in [0.3, 0.4) is 0 Å². The molecule has 1 N–H and O–H groups in total. The normalized spacial score (nSPS) is 20.2. The fraction of sp³-hybridized carbons (Fsp3) is 0.464. The fourth-order valence-electron chi connectivity index (χ4n) is 5.54. The Labute approximate surface area is 201 Å². The molecule has 2 fully saturated rings. The zero-order valence-corrected chi connectivity index (χ0v) is 19.6. The van der Waals surface area contributed by atoms with Crippen LogP contribution in [0.15, 0.2) is 59.7 Å². The minimum atomic E-state index is -0.163. The van der Waals surface area contributed by atoms with E-state index < -0.39 is 0 Å². The van der Waals surface area contributed by atoms with Gasteiger partial charge in [-0.05, 0) is 54.9 Å². The number of ether oxygens (including phenoxy) is 1. The number of carbonyl (C=O) groups excluding carboxylic acids is 2. The molecule has 3 aliphatic rings. The van der Waals surface area contributed by atoms with Gasteiger partial charge in [-0.25, -0.2) is 5.01 Å². The van der Waals surface area contributed by atoms with Crippen LogP contribution < -0.4 is 5.32 Å². The summed E-state index contributed by atoms with van der Waals surface area (Å²) in [5.41, 5.74) is 2.91. The second-order valence-corrected chi connectivity index (χ2v) is 9.76. The number of nitrogens with zero attached hydrogens (tertiary/aromatic N) is 2. The van der Waals surface area contributed by atoms with Crippen LogP contribution in [0.1, 0.15) is 74.0 Å². The number of amides is 2. The Morgan fingerprint density at radius 2 is 1.65 bits per heavy atom. The molecule has 34 heavy (non-hydrogen) atoms. The zero-order valence-electron chi connectivity index (χ0n) is 19.6. The Morgan fingerprint density at radius 3 is 2.35 bits per heavy atom. The average molecular weight is 460 g/mol. The molecule has 178 valence electrons. The molecule has 0 spiro atoms. The van der Waals surface area contributed by atoms with Crippen molar-refractivity contribution < 1.29 is 14.3 Å². The van der Waals surface area contributed by atoms with Gasteiger partial charge in [0.05, 0.1) is 12.5 Å².